The van der Waals surface area contributed by atoms with E-state index in [9.17, 15) is 14.9 Å². The lowest BCUT2D eigenvalue weighted by Crippen LogP contribution is -2.15. The van der Waals surface area contributed by atoms with Crippen LogP contribution in [0, 0.1) is 10.1 Å². The Balaban J connectivity index is 2.18. The number of carbonyl (C=O) groups is 1. The number of aromatic nitrogens is 2. The number of carbonyl (C=O) groups excluding carboxylic acids is 1. The molecule has 1 amide bonds. The fraction of sp³-hybridized carbons (Fsp3) is 0.667. The van der Waals surface area contributed by atoms with E-state index in [-0.39, 0.29) is 18.8 Å². The standard InChI is InChI=1S/C12H21N5O6/c13-1-3-21-5-7-23-8-6-22-4-2-16-9-10(17(19)20)11(15-16)12(14)18/h9H,1-8,13H2,(H2,14,18). The molecule has 0 atom stereocenters. The second-order valence-corrected chi connectivity index (χ2v) is 4.37. The van der Waals surface area contributed by atoms with Crippen LogP contribution in [0.2, 0.25) is 0 Å². The number of hydrogen-bond donors (Lipinski definition) is 2. The number of nitro groups is 1. The van der Waals surface area contributed by atoms with Crippen molar-refractivity contribution in [2.75, 3.05) is 46.2 Å². The smallest absolute Gasteiger partial charge is 0.320 e. The second kappa shape index (κ2) is 10.6. The number of ether oxygens (including phenoxy) is 3. The molecule has 23 heavy (non-hydrogen) atoms. The normalized spacial score (nSPS) is 10.8. The first kappa shape index (κ1) is 19.0. The Bertz CT molecular complexity index is 475. The third-order valence-corrected chi connectivity index (χ3v) is 2.64. The van der Waals surface area contributed by atoms with Gasteiger partial charge < -0.3 is 25.7 Å². The molecule has 11 heteroatoms. The predicted octanol–water partition coefficient (Wildman–Crippen LogP) is -1.10. The summed E-state index contributed by atoms with van der Waals surface area (Å²) < 4.78 is 16.9. The molecule has 1 aromatic heterocycles. The predicted molar refractivity (Wildman–Crippen MR) is 78.9 cm³/mol. The van der Waals surface area contributed by atoms with E-state index in [4.69, 9.17) is 25.7 Å². The van der Waals surface area contributed by atoms with Crippen molar-refractivity contribution in [3.63, 3.8) is 0 Å². The quantitative estimate of drug-likeness (QED) is 0.262. The zero-order valence-corrected chi connectivity index (χ0v) is 12.7. The van der Waals surface area contributed by atoms with Crippen LogP contribution in [0.1, 0.15) is 10.5 Å². The zero-order valence-electron chi connectivity index (χ0n) is 12.7. The van der Waals surface area contributed by atoms with Gasteiger partial charge in [-0.05, 0) is 0 Å². The topological polar surface area (TPSA) is 158 Å². The molecular weight excluding hydrogens is 310 g/mol. The van der Waals surface area contributed by atoms with E-state index in [1.807, 2.05) is 0 Å². The molecule has 4 N–H and O–H groups in total. The van der Waals surface area contributed by atoms with Crippen molar-refractivity contribution in [1.82, 2.24) is 9.78 Å². The number of nitrogens with zero attached hydrogens (tertiary/aromatic N) is 3. The summed E-state index contributed by atoms with van der Waals surface area (Å²) in [6.07, 6.45) is 1.15. The molecule has 0 radical (unpaired) electrons. The van der Waals surface area contributed by atoms with Gasteiger partial charge in [0.15, 0.2) is 0 Å². The summed E-state index contributed by atoms with van der Waals surface area (Å²) in [5.74, 6) is -0.943. The number of rotatable bonds is 13. The van der Waals surface area contributed by atoms with Gasteiger partial charge in [-0.15, -0.1) is 0 Å². The third-order valence-electron chi connectivity index (χ3n) is 2.64. The largest absolute Gasteiger partial charge is 0.378 e. The highest BCUT2D eigenvalue weighted by atomic mass is 16.6. The molecule has 0 aliphatic heterocycles. The van der Waals surface area contributed by atoms with Crippen molar-refractivity contribution in [3.8, 4) is 0 Å². The highest BCUT2D eigenvalue weighted by Gasteiger charge is 2.23. The number of amides is 1. The van der Waals surface area contributed by atoms with Crippen LogP contribution < -0.4 is 11.5 Å². The number of nitrogens with two attached hydrogens (primary N) is 2. The van der Waals surface area contributed by atoms with Crippen molar-refractivity contribution in [2.24, 2.45) is 11.5 Å². The van der Waals surface area contributed by atoms with Crippen LogP contribution in [0.25, 0.3) is 0 Å². The summed E-state index contributed by atoms with van der Waals surface area (Å²) in [5, 5.41) is 14.5. The number of primary amides is 1. The monoisotopic (exact) mass is 331 g/mol. The van der Waals surface area contributed by atoms with Crippen LogP contribution in [0.4, 0.5) is 5.69 Å². The molecule has 1 rings (SSSR count). The van der Waals surface area contributed by atoms with Crippen LogP contribution in [0.15, 0.2) is 6.20 Å². The zero-order chi connectivity index (χ0) is 17.1. The van der Waals surface area contributed by atoms with E-state index in [0.717, 1.165) is 6.20 Å². The molecule has 0 unspecified atom stereocenters. The van der Waals surface area contributed by atoms with E-state index in [0.29, 0.717) is 39.6 Å². The Labute approximate surface area is 132 Å². The first-order chi connectivity index (χ1) is 11.1. The maximum atomic E-state index is 11.1. The minimum atomic E-state index is -0.943. The molecular formula is C12H21N5O6. The fourth-order valence-corrected chi connectivity index (χ4v) is 1.62. The molecule has 0 saturated heterocycles. The molecule has 0 aliphatic carbocycles. The molecule has 0 saturated carbocycles. The van der Waals surface area contributed by atoms with Gasteiger partial charge in [-0.25, -0.2) is 0 Å². The van der Waals surface area contributed by atoms with Gasteiger partial charge in [0.2, 0.25) is 5.69 Å². The Morgan fingerprint density at radius 3 is 2.22 bits per heavy atom. The van der Waals surface area contributed by atoms with Gasteiger partial charge in [0, 0.05) is 6.54 Å². The van der Waals surface area contributed by atoms with Crippen molar-refractivity contribution >= 4 is 11.6 Å². The second-order valence-electron chi connectivity index (χ2n) is 4.37. The van der Waals surface area contributed by atoms with Crippen LogP contribution in [0.5, 0.6) is 0 Å². The third kappa shape index (κ3) is 7.15. The summed E-state index contributed by atoms with van der Waals surface area (Å²) >= 11 is 0. The highest BCUT2D eigenvalue weighted by molar-refractivity contribution is 5.94. The highest BCUT2D eigenvalue weighted by Crippen LogP contribution is 2.15. The Kier molecular flexibility index (Phi) is 8.75. The van der Waals surface area contributed by atoms with Crippen molar-refractivity contribution in [2.45, 2.75) is 6.54 Å². The molecule has 0 spiro atoms. The van der Waals surface area contributed by atoms with E-state index in [1.165, 1.54) is 4.68 Å². The van der Waals surface area contributed by atoms with Gasteiger partial charge >= 0.3 is 5.69 Å². The van der Waals surface area contributed by atoms with Crippen LogP contribution in [-0.2, 0) is 20.8 Å². The van der Waals surface area contributed by atoms with Crippen molar-refractivity contribution in [3.05, 3.63) is 22.0 Å². The molecule has 130 valence electrons. The van der Waals surface area contributed by atoms with E-state index in [1.54, 1.807) is 0 Å². The summed E-state index contributed by atoms with van der Waals surface area (Å²) in [6.45, 7) is 3.20. The van der Waals surface area contributed by atoms with Crippen LogP contribution in [-0.4, -0.2) is 66.8 Å². The SMILES string of the molecule is NCCOCCOCCOCCn1cc([N+](=O)[O-])c(C(N)=O)n1. The van der Waals surface area contributed by atoms with Gasteiger partial charge in [-0.1, -0.05) is 0 Å². The van der Waals surface area contributed by atoms with Crippen LogP contribution in [0.3, 0.4) is 0 Å². The van der Waals surface area contributed by atoms with E-state index in [2.05, 4.69) is 5.10 Å². The molecule has 0 fully saturated rings. The average Bonchev–Trinajstić information content (AvgIpc) is 2.94. The van der Waals surface area contributed by atoms with Crippen LogP contribution >= 0.6 is 0 Å². The minimum Gasteiger partial charge on any atom is -0.378 e. The Hall–Kier alpha value is -2.08. The van der Waals surface area contributed by atoms with Crippen molar-refractivity contribution < 1.29 is 23.9 Å². The summed E-state index contributed by atoms with van der Waals surface area (Å²) in [6, 6.07) is 0. The first-order valence-corrected chi connectivity index (χ1v) is 7.01. The Morgan fingerprint density at radius 2 is 1.74 bits per heavy atom. The van der Waals surface area contributed by atoms with E-state index >= 15 is 0 Å². The molecule has 0 aliphatic rings. The lowest BCUT2D eigenvalue weighted by atomic mass is 10.4. The average molecular weight is 331 g/mol. The molecule has 1 aromatic rings. The molecule has 11 nitrogen and oxygen atoms in total. The first-order valence-electron chi connectivity index (χ1n) is 7.01. The molecule has 0 bridgehead atoms. The minimum absolute atomic E-state index is 0.258. The lowest BCUT2D eigenvalue weighted by Gasteiger charge is -2.06. The summed E-state index contributed by atoms with van der Waals surface area (Å²) in [7, 11) is 0. The summed E-state index contributed by atoms with van der Waals surface area (Å²) in [5.41, 5.74) is 9.51. The van der Waals surface area contributed by atoms with Gasteiger partial charge in [-0.3, -0.25) is 19.6 Å². The maximum absolute atomic E-state index is 11.1. The fourth-order valence-electron chi connectivity index (χ4n) is 1.62. The lowest BCUT2D eigenvalue weighted by molar-refractivity contribution is -0.385. The van der Waals surface area contributed by atoms with E-state index < -0.39 is 16.5 Å². The van der Waals surface area contributed by atoms with Crippen molar-refractivity contribution in [1.29, 1.82) is 0 Å². The summed E-state index contributed by atoms with van der Waals surface area (Å²) in [4.78, 5) is 21.1. The molecule has 0 aromatic carbocycles. The van der Waals surface area contributed by atoms with Gasteiger partial charge in [0.25, 0.3) is 5.91 Å². The van der Waals surface area contributed by atoms with Gasteiger partial charge in [0.1, 0.15) is 6.20 Å². The molecule has 1 heterocycles. The van der Waals surface area contributed by atoms with Gasteiger partial charge in [-0.2, -0.15) is 5.10 Å². The number of hydrogen-bond acceptors (Lipinski definition) is 8. The van der Waals surface area contributed by atoms with Gasteiger partial charge in [0.05, 0.1) is 51.1 Å². The Morgan fingerprint density at radius 1 is 1.17 bits per heavy atom. The maximum Gasteiger partial charge on any atom is 0.320 e.